The summed E-state index contributed by atoms with van der Waals surface area (Å²) in [5.74, 6) is 0.0663. The Bertz CT molecular complexity index is 1770. The van der Waals surface area contributed by atoms with E-state index in [4.69, 9.17) is 37.0 Å². The fourth-order valence-electron chi connectivity index (χ4n) is 10.7. The third-order valence-electron chi connectivity index (χ3n) is 16.4. The Hall–Kier alpha value is -1.94. The number of hydrogen-bond acceptors (Lipinski definition) is 15. The van der Waals surface area contributed by atoms with E-state index in [-0.39, 0.29) is 25.7 Å². The lowest BCUT2D eigenvalue weighted by Gasteiger charge is -2.21. The van der Waals surface area contributed by atoms with Crippen LogP contribution < -0.4 is 0 Å². The maximum absolute atomic E-state index is 13.0. The maximum atomic E-state index is 13.0. The molecule has 2 unspecified atom stereocenters. The molecule has 534 valence electrons. The number of phosphoric acid groups is 2. The molecule has 0 spiro atoms. The fourth-order valence-corrected chi connectivity index (χ4v) is 12.3. The van der Waals surface area contributed by atoms with Gasteiger partial charge in [-0.05, 0) is 43.4 Å². The highest BCUT2D eigenvalue weighted by Crippen LogP contribution is 2.45. The normalized spacial score (nSPS) is 14.2. The lowest BCUT2D eigenvalue weighted by molar-refractivity contribution is -0.161. The van der Waals surface area contributed by atoms with E-state index in [0.29, 0.717) is 31.6 Å². The zero-order valence-corrected chi connectivity index (χ0v) is 60.4. The average Bonchev–Trinajstić information content (AvgIpc) is 3.25. The predicted molar refractivity (Wildman–Crippen MR) is 363 cm³/mol. The number of phosphoric ester groups is 2. The SMILES string of the molecule is CCCCCCCCCCCCCCCCC(=O)OC[C@H](COP(=O)(O)OC[C@@H](O)COP(=O)(O)OC[C@@H](COC(=O)CCCCCCCCC(C)C)OC(=O)CCCCCCCCCCCC(C)C)OC(=O)CCCCCCCCCCCCCCC(C)C. The van der Waals surface area contributed by atoms with Crippen molar-refractivity contribution in [3.63, 3.8) is 0 Å². The van der Waals surface area contributed by atoms with Gasteiger partial charge in [0.1, 0.15) is 19.3 Å². The van der Waals surface area contributed by atoms with Crippen LogP contribution in [0.15, 0.2) is 0 Å². The molecule has 0 aromatic heterocycles. The van der Waals surface area contributed by atoms with Crippen molar-refractivity contribution in [3.05, 3.63) is 0 Å². The number of ether oxygens (including phenoxy) is 4. The van der Waals surface area contributed by atoms with Gasteiger partial charge >= 0.3 is 39.5 Å². The first-order chi connectivity index (χ1) is 43.2. The van der Waals surface area contributed by atoms with Gasteiger partial charge in [-0.15, -0.1) is 0 Å². The highest BCUT2D eigenvalue weighted by Gasteiger charge is 2.30. The first-order valence-corrected chi connectivity index (χ1v) is 39.8. The molecule has 0 radical (unpaired) electrons. The molecular formula is C71H138O17P2. The molecule has 0 aliphatic carbocycles. The topological polar surface area (TPSA) is 237 Å². The van der Waals surface area contributed by atoms with Crippen LogP contribution in [-0.2, 0) is 65.4 Å². The summed E-state index contributed by atoms with van der Waals surface area (Å²) in [6.45, 7) is 11.8. The Labute approximate surface area is 549 Å². The van der Waals surface area contributed by atoms with Gasteiger partial charge in [0.2, 0.25) is 0 Å². The summed E-state index contributed by atoms with van der Waals surface area (Å²) in [6, 6.07) is 0. The van der Waals surface area contributed by atoms with Gasteiger partial charge in [0.25, 0.3) is 0 Å². The van der Waals surface area contributed by atoms with Crippen LogP contribution in [0.1, 0.15) is 357 Å². The third kappa shape index (κ3) is 64.8. The Morgan fingerprint density at radius 3 is 0.756 bits per heavy atom. The Kier molecular flexibility index (Phi) is 60.6. The predicted octanol–water partition coefficient (Wildman–Crippen LogP) is 20.2. The summed E-state index contributed by atoms with van der Waals surface area (Å²) in [4.78, 5) is 72.6. The van der Waals surface area contributed by atoms with E-state index >= 15 is 0 Å². The largest absolute Gasteiger partial charge is 0.472 e. The number of carbonyl (C=O) groups excluding carboxylic acids is 4. The Morgan fingerprint density at radius 2 is 0.511 bits per heavy atom. The molecule has 0 rings (SSSR count). The summed E-state index contributed by atoms with van der Waals surface area (Å²) >= 11 is 0. The second kappa shape index (κ2) is 61.9. The van der Waals surface area contributed by atoms with Crippen molar-refractivity contribution in [1.82, 2.24) is 0 Å². The van der Waals surface area contributed by atoms with Crippen LogP contribution in [0.25, 0.3) is 0 Å². The second-order valence-corrected chi connectivity index (χ2v) is 30.0. The van der Waals surface area contributed by atoms with Crippen molar-refractivity contribution in [2.75, 3.05) is 39.6 Å². The molecule has 3 N–H and O–H groups in total. The van der Waals surface area contributed by atoms with Crippen LogP contribution in [0, 0.1) is 17.8 Å². The number of rotatable bonds is 69. The van der Waals surface area contributed by atoms with E-state index in [1.54, 1.807) is 0 Å². The highest BCUT2D eigenvalue weighted by atomic mass is 31.2. The summed E-state index contributed by atoms with van der Waals surface area (Å²) in [7, 11) is -9.90. The van der Waals surface area contributed by atoms with E-state index in [9.17, 15) is 43.2 Å². The van der Waals surface area contributed by atoms with Crippen molar-refractivity contribution < 1.29 is 80.2 Å². The molecule has 0 amide bonds. The molecule has 0 aromatic rings. The summed E-state index contributed by atoms with van der Waals surface area (Å²) in [6.07, 6.45) is 45.9. The van der Waals surface area contributed by atoms with Crippen LogP contribution in [0.2, 0.25) is 0 Å². The molecule has 0 aliphatic heterocycles. The number of aliphatic hydroxyl groups is 1. The van der Waals surface area contributed by atoms with Crippen molar-refractivity contribution in [2.45, 2.75) is 375 Å². The van der Waals surface area contributed by atoms with Crippen LogP contribution in [0.5, 0.6) is 0 Å². The average molecular weight is 1330 g/mol. The smallest absolute Gasteiger partial charge is 0.462 e. The number of hydrogen-bond donors (Lipinski definition) is 3. The molecule has 0 aliphatic rings. The minimum absolute atomic E-state index is 0.104. The number of unbranched alkanes of at least 4 members (excludes halogenated alkanes) is 37. The van der Waals surface area contributed by atoms with E-state index < -0.39 is 97.5 Å². The number of aliphatic hydroxyl groups excluding tert-OH is 1. The first-order valence-electron chi connectivity index (χ1n) is 36.8. The molecule has 17 nitrogen and oxygen atoms in total. The Balaban J connectivity index is 5.25. The lowest BCUT2D eigenvalue weighted by Crippen LogP contribution is -2.30. The van der Waals surface area contributed by atoms with Crippen molar-refractivity contribution in [3.8, 4) is 0 Å². The van der Waals surface area contributed by atoms with Gasteiger partial charge in [0.15, 0.2) is 12.2 Å². The maximum Gasteiger partial charge on any atom is 0.472 e. The summed E-state index contributed by atoms with van der Waals surface area (Å²) in [5, 5.41) is 10.6. The minimum atomic E-state index is -4.95. The fraction of sp³-hybridized carbons (Fsp3) is 0.944. The standard InChI is InChI=1S/C71H138O17P2/c1-8-9-10-11-12-13-14-15-16-20-25-30-38-45-52-68(73)81-58-66(87-70(75)54-47-40-31-26-21-18-17-19-23-28-35-42-49-62(2)3)60-85-89(77,78)83-56-65(72)57-84-90(79,80)86-61-67(59-82-69(74)53-46-39-34-33-37-44-51-64(6)7)88-71(76)55-48-41-32-27-22-24-29-36-43-50-63(4)5/h62-67,72H,8-61H2,1-7H3,(H,77,78)(H,79,80)/t65-,66-,67-/m1/s1. The van der Waals surface area contributed by atoms with E-state index in [1.807, 2.05) is 0 Å². The van der Waals surface area contributed by atoms with Crippen molar-refractivity contribution in [1.29, 1.82) is 0 Å². The monoisotopic (exact) mass is 1320 g/mol. The van der Waals surface area contributed by atoms with Crippen molar-refractivity contribution >= 4 is 39.5 Å². The van der Waals surface area contributed by atoms with E-state index in [1.165, 1.54) is 161 Å². The third-order valence-corrected chi connectivity index (χ3v) is 18.3. The second-order valence-electron chi connectivity index (χ2n) is 27.1. The molecule has 90 heavy (non-hydrogen) atoms. The van der Waals surface area contributed by atoms with Gasteiger partial charge in [-0.3, -0.25) is 37.3 Å². The molecule has 0 aromatic carbocycles. The van der Waals surface area contributed by atoms with Gasteiger partial charge in [-0.1, -0.05) is 305 Å². The first kappa shape index (κ1) is 88.1. The molecule has 0 saturated heterocycles. The number of carbonyl (C=O) groups is 4. The molecule has 5 atom stereocenters. The molecule has 0 fully saturated rings. The summed E-state index contributed by atoms with van der Waals surface area (Å²) in [5.41, 5.74) is 0. The van der Waals surface area contributed by atoms with Gasteiger partial charge in [-0.25, -0.2) is 9.13 Å². The lowest BCUT2D eigenvalue weighted by atomic mass is 10.0. The van der Waals surface area contributed by atoms with Gasteiger partial charge in [0, 0.05) is 25.7 Å². The zero-order chi connectivity index (χ0) is 66.6. The molecule has 0 saturated carbocycles. The van der Waals surface area contributed by atoms with Crippen LogP contribution in [0.3, 0.4) is 0 Å². The van der Waals surface area contributed by atoms with Gasteiger partial charge in [0.05, 0.1) is 26.4 Å². The minimum Gasteiger partial charge on any atom is -0.462 e. The van der Waals surface area contributed by atoms with Crippen LogP contribution >= 0.6 is 15.6 Å². The highest BCUT2D eigenvalue weighted by molar-refractivity contribution is 7.47. The zero-order valence-electron chi connectivity index (χ0n) is 58.6. The molecule has 0 bridgehead atoms. The van der Waals surface area contributed by atoms with Gasteiger partial charge in [-0.2, -0.15) is 0 Å². The van der Waals surface area contributed by atoms with E-state index in [2.05, 4.69) is 48.5 Å². The van der Waals surface area contributed by atoms with Crippen LogP contribution in [-0.4, -0.2) is 96.7 Å². The quantitative estimate of drug-likeness (QED) is 0.0222. The molecular weight excluding hydrogens is 1190 g/mol. The summed E-state index contributed by atoms with van der Waals surface area (Å²) < 4.78 is 68.3. The van der Waals surface area contributed by atoms with E-state index in [0.717, 1.165) is 108 Å². The van der Waals surface area contributed by atoms with Crippen molar-refractivity contribution in [2.24, 2.45) is 17.8 Å². The van der Waals surface area contributed by atoms with Gasteiger partial charge < -0.3 is 33.8 Å². The number of esters is 4. The van der Waals surface area contributed by atoms with Crippen LogP contribution in [0.4, 0.5) is 0 Å². The Morgan fingerprint density at radius 1 is 0.300 bits per heavy atom. The molecule has 0 heterocycles. The molecule has 19 heteroatoms.